The van der Waals surface area contributed by atoms with Crippen LogP contribution in [0.1, 0.15) is 20.8 Å². The number of rotatable bonds is 4. The van der Waals surface area contributed by atoms with E-state index in [0.717, 1.165) is 11.0 Å². The highest BCUT2D eigenvalue weighted by Gasteiger charge is 2.09. The topological polar surface area (TPSA) is 21.3 Å². The fraction of sp³-hybridized carbons (Fsp3) is 0.500. The van der Waals surface area contributed by atoms with Crippen LogP contribution in [0, 0.1) is 0 Å². The van der Waals surface area contributed by atoms with Crippen molar-refractivity contribution in [2.24, 2.45) is 0 Å². The summed E-state index contributed by atoms with van der Waals surface area (Å²) in [6.07, 6.45) is 0. The van der Waals surface area contributed by atoms with Gasteiger partial charge in [0, 0.05) is 22.6 Å². The van der Waals surface area contributed by atoms with Crippen molar-refractivity contribution in [1.29, 1.82) is 0 Å². The number of benzene rings is 1. The van der Waals surface area contributed by atoms with Crippen LogP contribution in [0.15, 0.2) is 16.6 Å². The average Bonchev–Trinajstić information content (AvgIpc) is 2.18. The molecule has 17 heavy (non-hydrogen) atoms. The van der Waals surface area contributed by atoms with Crippen LogP contribution in [0.4, 0.5) is 0 Å². The van der Waals surface area contributed by atoms with E-state index in [1.54, 1.807) is 12.1 Å². The Balaban J connectivity index is 2.50. The van der Waals surface area contributed by atoms with Gasteiger partial charge in [-0.05, 0) is 42.8 Å². The van der Waals surface area contributed by atoms with Crippen LogP contribution in [-0.2, 0) is 0 Å². The molecule has 0 saturated carbocycles. The van der Waals surface area contributed by atoms with E-state index < -0.39 is 0 Å². The van der Waals surface area contributed by atoms with Gasteiger partial charge in [-0.3, -0.25) is 0 Å². The Morgan fingerprint density at radius 2 is 1.88 bits per heavy atom. The van der Waals surface area contributed by atoms with Crippen molar-refractivity contribution in [3.63, 3.8) is 0 Å². The molecular formula is C12H16BrCl2NO. The molecule has 0 radical (unpaired) electrons. The predicted molar refractivity (Wildman–Crippen MR) is 77.4 cm³/mol. The van der Waals surface area contributed by atoms with Crippen molar-refractivity contribution in [3.8, 4) is 5.75 Å². The van der Waals surface area contributed by atoms with Crippen LogP contribution in [0.5, 0.6) is 5.75 Å². The lowest BCUT2D eigenvalue weighted by atomic mass is 10.1. The Hall–Kier alpha value is 0.0400. The zero-order valence-electron chi connectivity index (χ0n) is 10.1. The highest BCUT2D eigenvalue weighted by atomic mass is 79.9. The largest absolute Gasteiger partial charge is 0.491 e. The van der Waals surface area contributed by atoms with E-state index in [1.807, 2.05) is 0 Å². The molecule has 0 saturated heterocycles. The van der Waals surface area contributed by atoms with Crippen molar-refractivity contribution in [3.05, 3.63) is 26.7 Å². The summed E-state index contributed by atoms with van der Waals surface area (Å²) in [7, 11) is 0. The first-order valence-corrected chi connectivity index (χ1v) is 6.87. The van der Waals surface area contributed by atoms with Gasteiger partial charge in [-0.1, -0.05) is 23.2 Å². The molecule has 0 atom stereocenters. The second-order valence-corrected chi connectivity index (χ2v) is 6.39. The number of hydrogen-bond acceptors (Lipinski definition) is 2. The first-order chi connectivity index (χ1) is 7.79. The fourth-order valence-corrected chi connectivity index (χ4v) is 2.05. The van der Waals surface area contributed by atoms with Crippen molar-refractivity contribution in [2.45, 2.75) is 26.3 Å². The average molecular weight is 341 g/mol. The SMILES string of the molecule is CC(C)(C)NCCOc1cc(Cl)c(Br)cc1Cl. The summed E-state index contributed by atoms with van der Waals surface area (Å²) in [6.45, 7) is 7.63. The number of ether oxygens (including phenoxy) is 1. The zero-order valence-corrected chi connectivity index (χ0v) is 13.2. The van der Waals surface area contributed by atoms with Crippen molar-refractivity contribution < 1.29 is 4.74 Å². The molecule has 1 aromatic carbocycles. The molecule has 0 aliphatic heterocycles. The number of nitrogens with one attached hydrogen (secondary N) is 1. The standard InChI is InChI=1S/C12H16BrCl2NO/c1-12(2,3)16-4-5-17-11-7-9(14)8(13)6-10(11)15/h6-7,16H,4-5H2,1-3H3. The summed E-state index contributed by atoms with van der Waals surface area (Å²) in [5, 5.41) is 4.47. The van der Waals surface area contributed by atoms with Crippen LogP contribution >= 0.6 is 39.1 Å². The molecule has 0 bridgehead atoms. The van der Waals surface area contributed by atoms with Gasteiger partial charge in [0.1, 0.15) is 12.4 Å². The second kappa shape index (κ2) is 6.28. The minimum Gasteiger partial charge on any atom is -0.491 e. The number of halogens is 3. The zero-order chi connectivity index (χ0) is 13.1. The smallest absolute Gasteiger partial charge is 0.139 e. The summed E-state index contributed by atoms with van der Waals surface area (Å²) in [6, 6.07) is 3.45. The van der Waals surface area contributed by atoms with E-state index in [2.05, 4.69) is 42.0 Å². The summed E-state index contributed by atoms with van der Waals surface area (Å²) in [4.78, 5) is 0. The van der Waals surface area contributed by atoms with Gasteiger partial charge < -0.3 is 10.1 Å². The molecule has 0 aliphatic carbocycles. The molecule has 0 spiro atoms. The second-order valence-electron chi connectivity index (χ2n) is 4.72. The molecule has 1 aromatic rings. The van der Waals surface area contributed by atoms with Crippen LogP contribution in [0.25, 0.3) is 0 Å². The highest BCUT2D eigenvalue weighted by Crippen LogP contribution is 2.33. The summed E-state index contributed by atoms with van der Waals surface area (Å²) < 4.78 is 6.34. The molecule has 0 unspecified atom stereocenters. The van der Waals surface area contributed by atoms with Crippen LogP contribution in [0.3, 0.4) is 0 Å². The first kappa shape index (κ1) is 15.1. The molecule has 5 heteroatoms. The van der Waals surface area contributed by atoms with E-state index >= 15 is 0 Å². The molecule has 0 heterocycles. The summed E-state index contributed by atoms with van der Waals surface area (Å²) in [5.41, 5.74) is 0.0878. The Labute approximate surface area is 121 Å². The maximum Gasteiger partial charge on any atom is 0.139 e. The molecule has 2 nitrogen and oxygen atoms in total. The molecule has 1 rings (SSSR count). The van der Waals surface area contributed by atoms with Crippen LogP contribution < -0.4 is 10.1 Å². The molecule has 0 amide bonds. The molecule has 0 aromatic heterocycles. The van der Waals surface area contributed by atoms with Gasteiger partial charge in [-0.15, -0.1) is 0 Å². The lowest BCUT2D eigenvalue weighted by Crippen LogP contribution is -2.38. The van der Waals surface area contributed by atoms with Gasteiger partial charge in [-0.2, -0.15) is 0 Å². The quantitative estimate of drug-likeness (QED) is 0.642. The Morgan fingerprint density at radius 1 is 1.24 bits per heavy atom. The molecule has 0 aliphatic rings. The molecule has 0 fully saturated rings. The van der Waals surface area contributed by atoms with Gasteiger partial charge in [-0.25, -0.2) is 0 Å². The molecule has 1 N–H and O–H groups in total. The van der Waals surface area contributed by atoms with Gasteiger partial charge in [0.05, 0.1) is 10.0 Å². The lowest BCUT2D eigenvalue weighted by molar-refractivity contribution is 0.291. The van der Waals surface area contributed by atoms with Crippen molar-refractivity contribution in [1.82, 2.24) is 5.32 Å². The van der Waals surface area contributed by atoms with Gasteiger partial charge >= 0.3 is 0 Å². The Bertz CT molecular complexity index is 391. The normalized spacial score (nSPS) is 11.6. The number of hydrogen-bond donors (Lipinski definition) is 1. The lowest BCUT2D eigenvalue weighted by Gasteiger charge is -2.20. The van der Waals surface area contributed by atoms with E-state index in [9.17, 15) is 0 Å². The van der Waals surface area contributed by atoms with E-state index in [1.165, 1.54) is 0 Å². The van der Waals surface area contributed by atoms with Crippen LogP contribution in [0.2, 0.25) is 10.0 Å². The maximum atomic E-state index is 6.04. The Morgan fingerprint density at radius 3 is 2.47 bits per heavy atom. The third-order valence-corrected chi connectivity index (χ3v) is 3.48. The summed E-state index contributed by atoms with van der Waals surface area (Å²) >= 11 is 15.3. The first-order valence-electron chi connectivity index (χ1n) is 5.32. The summed E-state index contributed by atoms with van der Waals surface area (Å²) in [5.74, 6) is 0.607. The van der Waals surface area contributed by atoms with Crippen molar-refractivity contribution in [2.75, 3.05) is 13.2 Å². The van der Waals surface area contributed by atoms with E-state index in [-0.39, 0.29) is 5.54 Å². The minimum absolute atomic E-state index is 0.0878. The third-order valence-electron chi connectivity index (χ3n) is 1.99. The predicted octanol–water partition coefficient (Wildman–Crippen LogP) is 4.52. The van der Waals surface area contributed by atoms with Crippen molar-refractivity contribution >= 4 is 39.1 Å². The fourth-order valence-electron chi connectivity index (χ4n) is 1.20. The third kappa shape index (κ3) is 5.47. The van der Waals surface area contributed by atoms with E-state index in [0.29, 0.717) is 22.4 Å². The van der Waals surface area contributed by atoms with Gasteiger partial charge in [0.15, 0.2) is 0 Å². The van der Waals surface area contributed by atoms with Crippen LogP contribution in [-0.4, -0.2) is 18.7 Å². The maximum absolute atomic E-state index is 6.04. The minimum atomic E-state index is 0.0878. The molecular weight excluding hydrogens is 325 g/mol. The Kier molecular flexibility index (Phi) is 5.58. The highest BCUT2D eigenvalue weighted by molar-refractivity contribution is 9.10. The monoisotopic (exact) mass is 339 g/mol. The van der Waals surface area contributed by atoms with E-state index in [4.69, 9.17) is 27.9 Å². The molecule has 96 valence electrons. The van der Waals surface area contributed by atoms with Gasteiger partial charge in [0.25, 0.3) is 0 Å². The van der Waals surface area contributed by atoms with Gasteiger partial charge in [0.2, 0.25) is 0 Å².